The lowest BCUT2D eigenvalue weighted by Gasteiger charge is -2.13. The number of hydrogen-bond acceptors (Lipinski definition) is 10. The van der Waals surface area contributed by atoms with Gasteiger partial charge in [-0.3, -0.25) is 9.59 Å². The molecule has 0 bridgehead atoms. The second kappa shape index (κ2) is 16.2. The van der Waals surface area contributed by atoms with Crippen LogP contribution in [0.4, 0.5) is 34.1 Å². The Bertz CT molecular complexity index is 1830. The summed E-state index contributed by atoms with van der Waals surface area (Å²) in [4.78, 5) is 26.0. The number of aromatic nitrogens is 2. The van der Waals surface area contributed by atoms with Gasteiger partial charge in [-0.1, -0.05) is 24.3 Å². The van der Waals surface area contributed by atoms with E-state index in [1.165, 1.54) is 23.1 Å². The summed E-state index contributed by atoms with van der Waals surface area (Å²) < 4.78 is 18.4. The van der Waals surface area contributed by atoms with Gasteiger partial charge in [0.15, 0.2) is 0 Å². The van der Waals surface area contributed by atoms with Gasteiger partial charge in [0.05, 0.1) is 37.0 Å². The Hall–Kier alpha value is -5.72. The number of ether oxygens (including phenoxy) is 2. The summed E-state index contributed by atoms with van der Waals surface area (Å²) in [6, 6.07) is 30.4. The molecule has 2 amide bonds. The van der Waals surface area contributed by atoms with Crippen LogP contribution in [0.3, 0.4) is 0 Å². The predicted molar refractivity (Wildman–Crippen MR) is 195 cm³/mol. The molecule has 0 aliphatic rings. The molecule has 0 aliphatic heterocycles. The molecule has 0 unspecified atom stereocenters. The van der Waals surface area contributed by atoms with Crippen LogP contribution in [0.25, 0.3) is 0 Å². The number of aryl methyl sites for hydroxylation is 2. The van der Waals surface area contributed by atoms with Gasteiger partial charge in [-0.2, -0.15) is 0 Å². The van der Waals surface area contributed by atoms with Crippen molar-refractivity contribution < 1.29 is 19.1 Å². The number of rotatable bonds is 10. The molecule has 0 saturated heterocycles. The fourth-order valence-electron chi connectivity index (χ4n) is 4.44. The quantitative estimate of drug-likeness (QED) is 0.113. The van der Waals surface area contributed by atoms with Crippen LogP contribution in [0, 0.1) is 13.8 Å². The third kappa shape index (κ3) is 8.75. The first-order valence-corrected chi connectivity index (χ1v) is 16.3. The number of nitrogens with zero attached hydrogens (tertiary/aromatic N) is 2. The van der Waals surface area contributed by atoms with Gasteiger partial charge in [0, 0.05) is 23.8 Å². The maximum absolute atomic E-state index is 12.4. The molecule has 0 spiro atoms. The normalized spacial score (nSPS) is 10.2. The second-order valence-electron chi connectivity index (χ2n) is 10.4. The van der Waals surface area contributed by atoms with Crippen molar-refractivity contribution in [3.63, 3.8) is 0 Å². The molecule has 0 aliphatic carbocycles. The predicted octanol–water partition coefficient (Wildman–Crippen LogP) is 8.91. The number of nitrogens with one attached hydrogen (secondary N) is 4. The Morgan fingerprint density at radius 3 is 1.21 bits per heavy atom. The number of hydrogen-bond donors (Lipinski definition) is 4. The number of amides is 2. The highest BCUT2D eigenvalue weighted by Crippen LogP contribution is 2.29. The Kier molecular flexibility index (Phi) is 11.4. The molecule has 4 N–H and O–H groups in total. The minimum absolute atomic E-state index is 0.154. The summed E-state index contributed by atoms with van der Waals surface area (Å²) in [7, 11) is 3.27. The van der Waals surface area contributed by atoms with Crippen LogP contribution in [0.2, 0.25) is 0 Å². The first kappa shape index (κ1) is 33.6. The lowest BCUT2D eigenvalue weighted by atomic mass is 10.2. The fourth-order valence-corrected chi connectivity index (χ4v) is 5.73. The van der Waals surface area contributed by atoms with E-state index in [1.807, 2.05) is 111 Å². The van der Waals surface area contributed by atoms with Gasteiger partial charge in [-0.25, -0.2) is 8.75 Å². The zero-order valence-corrected chi connectivity index (χ0v) is 28.4. The van der Waals surface area contributed by atoms with Crippen LogP contribution in [-0.4, -0.2) is 34.8 Å². The molecule has 10 nitrogen and oxygen atoms in total. The molecule has 6 aromatic rings. The number of para-hydroxylation sites is 4. The van der Waals surface area contributed by atoms with Crippen LogP contribution in [0.5, 0.6) is 11.5 Å². The highest BCUT2D eigenvalue weighted by molar-refractivity contribution is 7.08. The third-order valence-electron chi connectivity index (χ3n) is 7.00. The Morgan fingerprint density at radius 2 is 0.896 bits per heavy atom. The highest BCUT2D eigenvalue weighted by Gasteiger charge is 2.15. The molecular weight excluding hydrogens is 645 g/mol. The first-order chi connectivity index (χ1) is 23.3. The lowest BCUT2D eigenvalue weighted by Crippen LogP contribution is -2.12. The van der Waals surface area contributed by atoms with E-state index in [-0.39, 0.29) is 11.8 Å². The van der Waals surface area contributed by atoms with Crippen molar-refractivity contribution in [2.45, 2.75) is 13.8 Å². The molecule has 48 heavy (non-hydrogen) atoms. The number of carbonyl (C=O) groups is 2. The molecule has 2 aromatic heterocycles. The summed E-state index contributed by atoms with van der Waals surface area (Å²) >= 11 is 2.39. The van der Waals surface area contributed by atoms with Crippen LogP contribution in [-0.2, 0) is 0 Å². The summed E-state index contributed by atoms with van der Waals surface area (Å²) in [5.74, 6) is 1.28. The van der Waals surface area contributed by atoms with Crippen molar-refractivity contribution in [3.05, 3.63) is 130 Å². The highest BCUT2D eigenvalue weighted by atomic mass is 32.1. The van der Waals surface area contributed by atoms with Crippen molar-refractivity contribution in [3.8, 4) is 11.5 Å². The number of benzene rings is 4. The number of carbonyl (C=O) groups excluding carboxylic acids is 2. The Labute approximate surface area is 287 Å². The summed E-state index contributed by atoms with van der Waals surface area (Å²) in [5, 5.41) is 12.5. The van der Waals surface area contributed by atoms with Crippen LogP contribution in [0.1, 0.15) is 30.5 Å². The van der Waals surface area contributed by atoms with E-state index in [4.69, 9.17) is 9.47 Å². The zero-order valence-electron chi connectivity index (χ0n) is 26.7. The summed E-state index contributed by atoms with van der Waals surface area (Å²) in [6.07, 6.45) is 3.39. The van der Waals surface area contributed by atoms with Crippen LogP contribution >= 0.6 is 23.1 Å². The summed E-state index contributed by atoms with van der Waals surface area (Å²) in [5.41, 5.74) is 6.63. The SMILES string of the molecule is COc1ccc(Nc2ccccc2NC(=O)c2sncc2C)cc1.COc1ccc(Nc2ccccc2NC(=O)c2sncc2C)cc1. The summed E-state index contributed by atoms with van der Waals surface area (Å²) in [6.45, 7) is 3.75. The monoisotopic (exact) mass is 678 g/mol. The third-order valence-corrected chi connectivity index (χ3v) is 8.80. The average Bonchev–Trinajstić information content (AvgIpc) is 3.75. The smallest absolute Gasteiger partial charge is 0.267 e. The van der Waals surface area contributed by atoms with E-state index >= 15 is 0 Å². The molecule has 0 atom stereocenters. The van der Waals surface area contributed by atoms with E-state index in [0.717, 1.165) is 45.4 Å². The molecular formula is C36H34N6O4S2. The molecule has 6 rings (SSSR count). The standard InChI is InChI=1S/2C18H17N3O2S/c2*1-12-11-19-24-17(12)18(22)21-16-6-4-3-5-15(16)20-13-7-9-14(23-2)10-8-13/h2*3-11,20H,1-2H3,(H,21,22). The van der Waals surface area contributed by atoms with Crippen LogP contribution < -0.4 is 30.7 Å². The minimum atomic E-state index is -0.154. The van der Waals surface area contributed by atoms with Crippen molar-refractivity contribution >= 4 is 69.0 Å². The van der Waals surface area contributed by atoms with Crippen LogP contribution in [0.15, 0.2) is 109 Å². The zero-order chi connectivity index (χ0) is 33.9. The van der Waals surface area contributed by atoms with E-state index in [2.05, 4.69) is 30.0 Å². The largest absolute Gasteiger partial charge is 0.497 e. The molecule has 2 heterocycles. The minimum Gasteiger partial charge on any atom is -0.497 e. The van der Waals surface area contributed by atoms with Crippen molar-refractivity contribution in [2.24, 2.45) is 0 Å². The first-order valence-electron chi connectivity index (χ1n) is 14.8. The topological polar surface area (TPSA) is 127 Å². The van der Waals surface area contributed by atoms with Gasteiger partial charge >= 0.3 is 0 Å². The average molecular weight is 679 g/mol. The molecule has 0 fully saturated rings. The van der Waals surface area contributed by atoms with E-state index in [0.29, 0.717) is 21.1 Å². The Morgan fingerprint density at radius 1 is 0.542 bits per heavy atom. The van der Waals surface area contributed by atoms with Gasteiger partial charge in [0.25, 0.3) is 11.8 Å². The number of methoxy groups -OCH3 is 2. The van der Waals surface area contributed by atoms with Gasteiger partial charge in [0.2, 0.25) is 0 Å². The second-order valence-corrected chi connectivity index (χ2v) is 12.0. The maximum Gasteiger partial charge on any atom is 0.267 e. The van der Waals surface area contributed by atoms with Gasteiger partial charge in [-0.15, -0.1) is 0 Å². The number of anilines is 6. The maximum atomic E-state index is 12.4. The molecule has 244 valence electrons. The molecule has 12 heteroatoms. The van der Waals surface area contributed by atoms with E-state index < -0.39 is 0 Å². The van der Waals surface area contributed by atoms with Crippen molar-refractivity contribution in [1.82, 2.24) is 8.75 Å². The Balaban J connectivity index is 0.000000188. The van der Waals surface area contributed by atoms with Gasteiger partial charge in [0.1, 0.15) is 21.3 Å². The van der Waals surface area contributed by atoms with Gasteiger partial charge in [-0.05, 0) is 121 Å². The van der Waals surface area contributed by atoms with Gasteiger partial charge < -0.3 is 30.7 Å². The van der Waals surface area contributed by atoms with Crippen molar-refractivity contribution in [2.75, 3.05) is 35.5 Å². The fraction of sp³-hybridized carbons (Fsp3) is 0.111. The molecule has 0 saturated carbocycles. The lowest BCUT2D eigenvalue weighted by molar-refractivity contribution is 0.102. The van der Waals surface area contributed by atoms with E-state index in [1.54, 1.807) is 26.6 Å². The van der Waals surface area contributed by atoms with Crippen molar-refractivity contribution in [1.29, 1.82) is 0 Å². The molecule has 0 radical (unpaired) electrons. The van der Waals surface area contributed by atoms with E-state index in [9.17, 15) is 9.59 Å². The molecule has 4 aromatic carbocycles.